The lowest BCUT2D eigenvalue weighted by atomic mass is 9.74. The van der Waals surface area contributed by atoms with Crippen molar-refractivity contribution in [3.05, 3.63) is 123 Å². The molecule has 121 heavy (non-hydrogen) atoms. The smallest absolute Gasteiger partial charge is 0.270 e. The molecule has 4 saturated heterocycles. The van der Waals surface area contributed by atoms with Gasteiger partial charge in [0.2, 0.25) is 23.8 Å². The Morgan fingerprint density at radius 1 is 0.421 bits per heavy atom. The number of hydrogen-bond acceptors (Lipinski definition) is 30. The number of anilines is 11. The van der Waals surface area contributed by atoms with Crippen molar-refractivity contribution in [1.82, 2.24) is 53.2 Å². The average Bonchev–Trinajstić information content (AvgIpc) is 1.79. The average molecular weight is 1800 g/mol. The van der Waals surface area contributed by atoms with E-state index in [-0.39, 0.29) is 112 Å². The molecule has 30 nitrogen and oxygen atoms in total. The van der Waals surface area contributed by atoms with Gasteiger partial charge in [0.1, 0.15) is 66.2 Å². The number of aryl methyl sites for hydroxylation is 1. The van der Waals surface area contributed by atoms with Crippen LogP contribution in [-0.2, 0) is 28.2 Å². The second-order valence-electron chi connectivity index (χ2n) is 34.7. The van der Waals surface area contributed by atoms with Gasteiger partial charge >= 0.3 is 0 Å². The molecule has 8 aromatic rings. The minimum Gasteiger partial charge on any atom is -0.399 e. The molecule has 4 aliphatic heterocycles. The quantitative estimate of drug-likeness (QED) is 0.0400. The van der Waals surface area contributed by atoms with Gasteiger partial charge in [-0.05, 0) is 185 Å². The van der Waals surface area contributed by atoms with E-state index >= 15 is 0 Å². The number of nitrogens with two attached hydrogens (primary N) is 11. The summed E-state index contributed by atoms with van der Waals surface area (Å²) in [5.41, 5.74) is 68.8. The highest BCUT2D eigenvalue weighted by molar-refractivity contribution is 8.00. The Balaban J connectivity index is 0.000000139. The Morgan fingerprint density at radius 3 is 1.13 bits per heavy atom. The lowest BCUT2D eigenvalue weighted by Gasteiger charge is -2.42. The maximum absolute atomic E-state index is 14.4. The van der Waals surface area contributed by atoms with Gasteiger partial charge in [-0.25, -0.2) is 18.7 Å². The van der Waals surface area contributed by atoms with Crippen molar-refractivity contribution >= 4 is 146 Å². The van der Waals surface area contributed by atoms with Crippen molar-refractivity contribution in [2.45, 2.75) is 200 Å². The summed E-state index contributed by atoms with van der Waals surface area (Å²) >= 11 is 23.4. The molecule has 10 atom stereocenters. The predicted molar refractivity (Wildman–Crippen MR) is 486 cm³/mol. The zero-order chi connectivity index (χ0) is 87.4. The SMILES string of the molecule is C[C@@H]1CC2(CCN(c3nc(N)c(Sc4ccnc(N)c4Cl)c(=O)n3C)CC2)[C@H](N)[C@@H]1F.C[C@H]1C[C@@H](N)C2(CCN(c3nc(N)c(Sc4cc(N)ccc4Cl)c(=O)n3C)CC2)C1.C[C@H]1C[C@@H](N)C2(CCN(c3nc(N)c(Sc4cc(N)cnc4Cl)c(=O)n3C)CC2)C1.Cc1ncccc1Sc1c(N)nc(N2CCC3(CC2)C[C@@H](C)[C@H](F)[C@@H]3N)n(C)c1=O. The maximum atomic E-state index is 14.4. The second-order valence-corrected chi connectivity index (χ2v) is 40.1. The van der Waals surface area contributed by atoms with Crippen molar-refractivity contribution in [2.24, 2.45) is 96.5 Å². The number of nitrogens with zero attached hydrogens (tertiary/aromatic N) is 15. The number of halogens is 5. The van der Waals surface area contributed by atoms with Gasteiger partial charge in [0.25, 0.3) is 22.2 Å². The van der Waals surface area contributed by atoms with E-state index in [1.54, 1.807) is 78.4 Å². The Kier molecular flexibility index (Phi) is 27.5. The molecular weight excluding hydrogens is 1690 g/mol. The fourth-order valence-corrected chi connectivity index (χ4v) is 24.2. The summed E-state index contributed by atoms with van der Waals surface area (Å²) < 4.78 is 34.9. The first-order chi connectivity index (χ1) is 57.3. The molecule has 7 aromatic heterocycles. The molecule has 4 spiro atoms. The molecule has 1 aromatic carbocycles. The molecule has 16 rings (SSSR count). The minimum absolute atomic E-state index is 0.00286. The molecule has 0 unspecified atom stereocenters. The van der Waals surface area contributed by atoms with E-state index in [9.17, 15) is 28.0 Å². The van der Waals surface area contributed by atoms with Crippen LogP contribution in [0.4, 0.5) is 73.0 Å². The molecule has 0 radical (unpaired) electrons. The fraction of sp³-hybridized carbons (Fsp3) is 0.549. The third-order valence-electron chi connectivity index (χ3n) is 26.7. The highest BCUT2D eigenvalue weighted by atomic mass is 35.5. The Hall–Kier alpha value is -8.04. The predicted octanol–water partition coefficient (Wildman–Crippen LogP) is 10.5. The summed E-state index contributed by atoms with van der Waals surface area (Å²) in [6.45, 7) is 16.3. The number of aromatic nitrogens is 11. The summed E-state index contributed by atoms with van der Waals surface area (Å²) in [6.07, 6.45) is 16.1. The first kappa shape index (κ1) is 90.7. The van der Waals surface area contributed by atoms with E-state index in [2.05, 4.69) is 63.4 Å². The number of piperidine rings is 4. The molecule has 4 saturated carbocycles. The monoisotopic (exact) mass is 1800 g/mol. The number of benzene rings is 1. The van der Waals surface area contributed by atoms with Gasteiger partial charge in [0.05, 0.1) is 32.5 Å². The zero-order valence-electron chi connectivity index (χ0n) is 69.8. The van der Waals surface area contributed by atoms with Gasteiger partial charge in [0.15, 0.2) is 0 Å². The van der Waals surface area contributed by atoms with Crippen LogP contribution in [0.5, 0.6) is 0 Å². The van der Waals surface area contributed by atoms with Gasteiger partial charge in [-0.3, -0.25) is 42.4 Å². The molecule has 8 fully saturated rings. The summed E-state index contributed by atoms with van der Waals surface area (Å²) in [4.78, 5) is 95.2. The van der Waals surface area contributed by atoms with Crippen LogP contribution in [0.1, 0.15) is 123 Å². The van der Waals surface area contributed by atoms with Gasteiger partial charge < -0.3 is 82.7 Å². The number of hydrogen-bond donors (Lipinski definition) is 11. The molecular formula is C82H113Cl3F2N26O4S4. The van der Waals surface area contributed by atoms with Crippen LogP contribution in [0, 0.1) is 52.3 Å². The number of nitrogen functional groups attached to an aromatic ring is 7. The van der Waals surface area contributed by atoms with E-state index in [1.807, 2.05) is 37.8 Å². The fourth-order valence-electron chi connectivity index (χ4n) is 19.7. The highest BCUT2D eigenvalue weighted by Gasteiger charge is 2.54. The van der Waals surface area contributed by atoms with Crippen molar-refractivity contribution in [3.8, 4) is 0 Å². The zero-order valence-corrected chi connectivity index (χ0v) is 75.4. The molecule has 8 aliphatic rings. The van der Waals surface area contributed by atoms with Crippen LogP contribution in [0.2, 0.25) is 15.2 Å². The third kappa shape index (κ3) is 18.4. The number of pyridine rings is 3. The van der Waals surface area contributed by atoms with Gasteiger partial charge in [-0.1, -0.05) is 110 Å². The molecule has 654 valence electrons. The Bertz CT molecular complexity index is 5240. The first-order valence-electron chi connectivity index (χ1n) is 41.0. The first-order valence-corrected chi connectivity index (χ1v) is 45.4. The summed E-state index contributed by atoms with van der Waals surface area (Å²) in [5.74, 6) is 4.50. The van der Waals surface area contributed by atoms with Gasteiger partial charge in [-0.2, -0.15) is 19.9 Å². The molecule has 0 amide bonds. The van der Waals surface area contributed by atoms with Crippen LogP contribution in [-0.4, -0.2) is 142 Å². The van der Waals surface area contributed by atoms with Crippen molar-refractivity contribution in [2.75, 3.05) is 112 Å². The van der Waals surface area contributed by atoms with Crippen LogP contribution in [0.3, 0.4) is 0 Å². The minimum atomic E-state index is -0.963. The number of rotatable bonds is 12. The molecule has 4 aliphatic carbocycles. The van der Waals surface area contributed by atoms with Gasteiger partial charge in [-0.15, -0.1) is 0 Å². The largest absolute Gasteiger partial charge is 0.399 e. The van der Waals surface area contributed by atoms with Gasteiger partial charge in [0, 0.05) is 137 Å². The molecule has 11 heterocycles. The van der Waals surface area contributed by atoms with E-state index < -0.39 is 24.4 Å². The van der Waals surface area contributed by atoms with Crippen LogP contribution < -0.4 is 105 Å². The summed E-state index contributed by atoms with van der Waals surface area (Å²) in [6, 6.07) is 11.9. The maximum Gasteiger partial charge on any atom is 0.270 e. The highest BCUT2D eigenvalue weighted by Crippen LogP contribution is 2.54. The van der Waals surface area contributed by atoms with Crippen molar-refractivity contribution < 1.29 is 8.78 Å². The topological polar surface area (TPSA) is 477 Å². The standard InChI is InChI=1S/C21H29ClN6OS.C21H29FN6OS.C20H27ClFN7OS.C20H28ClN7OS/c1-12-9-16(24)21(11-12)5-7-28(8-6-21)20-26-18(25)17(19(29)27(20)2)30-15-10-13(23)3-4-14(15)22;1-12-11-21(17(23)15(12)22)6-9-28(10-7-21)20-26-18(24)16(19(29)27(20)3)30-14-5-4-8-25-13(14)2;1-10-9-20(15(23)13(10)22)4-7-29(8-5-20)19-27-17(25)14(18(30)28(19)2)31-11-3-6-26-16(24)12(11)21;1-11-7-14(23)20(9-11)3-5-28(6-4-20)19-26-17(24)15(18(29)27(19)2)30-13-8-12(22)10-25-16(13)21/h3-4,10,12,16H,5-9,11,23-25H2,1-2H3;4-5,8,12,15,17H,6-7,9-11,23-24H2,1-3H3;3,6,10,13,15H,4-5,7-9,23,25H2,1-2H3,(H2,24,26);8,10-11,14H,3-7,9,22-24H2,1-2H3/t12-,16+;12-,15+,17+;10-,13-,15-;11-,14+/m0110/s1. The summed E-state index contributed by atoms with van der Waals surface area (Å²) in [5, 5.41) is 1.05. The van der Waals surface area contributed by atoms with Crippen LogP contribution >= 0.6 is 81.9 Å². The van der Waals surface area contributed by atoms with E-state index in [1.165, 1.54) is 53.3 Å². The van der Waals surface area contributed by atoms with E-state index in [0.717, 1.165) is 137 Å². The Labute approximate surface area is 735 Å². The van der Waals surface area contributed by atoms with Crippen molar-refractivity contribution in [3.63, 3.8) is 0 Å². The van der Waals surface area contributed by atoms with Crippen LogP contribution in [0.25, 0.3) is 0 Å². The number of alkyl halides is 2. The molecule has 0 bridgehead atoms. The van der Waals surface area contributed by atoms with E-state index in [0.29, 0.717) is 108 Å². The molecule has 22 N–H and O–H groups in total. The van der Waals surface area contributed by atoms with Crippen LogP contribution in [0.15, 0.2) is 119 Å². The Morgan fingerprint density at radius 2 is 0.777 bits per heavy atom. The van der Waals surface area contributed by atoms with E-state index in [4.69, 9.17) is 97.9 Å². The molecule has 39 heteroatoms. The lowest BCUT2D eigenvalue weighted by molar-refractivity contribution is 0.166. The summed E-state index contributed by atoms with van der Waals surface area (Å²) in [7, 11) is 6.85. The lowest BCUT2D eigenvalue weighted by Crippen LogP contribution is -2.50. The third-order valence-corrected chi connectivity index (χ3v) is 32.7. The normalized spacial score (nSPS) is 24.4. The second kappa shape index (κ2) is 36.6. The van der Waals surface area contributed by atoms with Crippen molar-refractivity contribution in [1.29, 1.82) is 0 Å².